The maximum atomic E-state index is 11.2. The zero-order valence-corrected chi connectivity index (χ0v) is 9.11. The summed E-state index contributed by atoms with van der Waals surface area (Å²) in [6.45, 7) is 5.33. The predicted octanol–water partition coefficient (Wildman–Crippen LogP) is 2.58. The minimum absolute atomic E-state index is 0.415. The molecule has 0 atom stereocenters. The summed E-state index contributed by atoms with van der Waals surface area (Å²) in [6, 6.07) is 6.53. The number of ether oxygens (including phenoxy) is 2. The molecular formula is C11H15NO3. The fourth-order valence-corrected chi connectivity index (χ4v) is 0.903. The Labute approximate surface area is 89.0 Å². The van der Waals surface area contributed by atoms with Gasteiger partial charge < -0.3 is 15.2 Å². The Morgan fingerprint density at radius 3 is 2.20 bits per heavy atom. The average Bonchev–Trinajstić information content (AvgIpc) is 2.05. The number of anilines is 1. The predicted molar refractivity (Wildman–Crippen MR) is 57.7 cm³/mol. The molecule has 1 rings (SSSR count). The van der Waals surface area contributed by atoms with Gasteiger partial charge in [0, 0.05) is 5.69 Å². The van der Waals surface area contributed by atoms with E-state index in [1.807, 2.05) is 0 Å². The van der Waals surface area contributed by atoms with Crippen LogP contribution >= 0.6 is 0 Å². The molecule has 0 unspecified atom stereocenters. The largest absolute Gasteiger partial charge is 0.514 e. The van der Waals surface area contributed by atoms with E-state index in [4.69, 9.17) is 15.2 Å². The molecule has 1 aromatic carbocycles. The number of benzene rings is 1. The molecule has 0 spiro atoms. The molecule has 0 amide bonds. The van der Waals surface area contributed by atoms with Gasteiger partial charge >= 0.3 is 6.16 Å². The van der Waals surface area contributed by atoms with Crippen molar-refractivity contribution in [3.63, 3.8) is 0 Å². The molecule has 0 radical (unpaired) electrons. The summed E-state index contributed by atoms with van der Waals surface area (Å²) in [5.74, 6) is 0.415. The molecule has 0 fully saturated rings. The van der Waals surface area contributed by atoms with Gasteiger partial charge in [-0.1, -0.05) is 0 Å². The first kappa shape index (κ1) is 11.4. The number of nitrogens with two attached hydrogens (primary N) is 1. The normalized spacial score (nSPS) is 10.9. The number of carbonyl (C=O) groups excluding carboxylic acids is 1. The maximum Gasteiger partial charge on any atom is 0.514 e. The van der Waals surface area contributed by atoms with E-state index in [1.165, 1.54) is 0 Å². The molecular weight excluding hydrogens is 194 g/mol. The third-order valence-corrected chi connectivity index (χ3v) is 1.47. The summed E-state index contributed by atoms with van der Waals surface area (Å²) in [6.07, 6.45) is -0.715. The van der Waals surface area contributed by atoms with Crippen LogP contribution < -0.4 is 10.5 Å². The SMILES string of the molecule is CC(C)(C)OC(=O)Oc1ccc(N)cc1. The minimum Gasteiger partial charge on any atom is -0.428 e. The van der Waals surface area contributed by atoms with Gasteiger partial charge in [0.2, 0.25) is 0 Å². The second kappa shape index (κ2) is 4.21. The monoisotopic (exact) mass is 209 g/mol. The summed E-state index contributed by atoms with van der Waals surface area (Å²) in [5, 5.41) is 0. The molecule has 82 valence electrons. The third kappa shape index (κ3) is 4.35. The summed E-state index contributed by atoms with van der Waals surface area (Å²) >= 11 is 0. The quantitative estimate of drug-likeness (QED) is 0.438. The number of rotatable bonds is 1. The molecule has 0 aliphatic carbocycles. The van der Waals surface area contributed by atoms with Gasteiger partial charge in [0.05, 0.1) is 0 Å². The molecule has 0 aromatic heterocycles. The fraction of sp³-hybridized carbons (Fsp3) is 0.364. The smallest absolute Gasteiger partial charge is 0.428 e. The van der Waals surface area contributed by atoms with Crippen molar-refractivity contribution >= 4 is 11.8 Å². The Hall–Kier alpha value is -1.71. The maximum absolute atomic E-state index is 11.2. The lowest BCUT2D eigenvalue weighted by molar-refractivity contribution is 0.0206. The van der Waals surface area contributed by atoms with Crippen LogP contribution in [-0.4, -0.2) is 11.8 Å². The van der Waals surface area contributed by atoms with Crippen molar-refractivity contribution in [1.29, 1.82) is 0 Å². The molecule has 4 heteroatoms. The number of hydrogen-bond acceptors (Lipinski definition) is 4. The van der Waals surface area contributed by atoms with E-state index >= 15 is 0 Å². The van der Waals surface area contributed by atoms with E-state index in [2.05, 4.69) is 0 Å². The van der Waals surface area contributed by atoms with Crippen LogP contribution in [-0.2, 0) is 4.74 Å². The highest BCUT2D eigenvalue weighted by molar-refractivity contribution is 5.64. The van der Waals surface area contributed by atoms with E-state index < -0.39 is 11.8 Å². The van der Waals surface area contributed by atoms with Crippen LogP contribution in [0.3, 0.4) is 0 Å². The number of nitrogen functional groups attached to an aromatic ring is 1. The van der Waals surface area contributed by atoms with Crippen LogP contribution in [0.1, 0.15) is 20.8 Å². The van der Waals surface area contributed by atoms with Gasteiger partial charge in [-0.3, -0.25) is 0 Å². The molecule has 1 aromatic rings. The first-order valence-electron chi connectivity index (χ1n) is 4.63. The van der Waals surface area contributed by atoms with Crippen LogP contribution in [0.15, 0.2) is 24.3 Å². The second-order valence-corrected chi connectivity index (χ2v) is 4.14. The van der Waals surface area contributed by atoms with Gasteiger partial charge in [-0.2, -0.15) is 0 Å². The van der Waals surface area contributed by atoms with Crippen LogP contribution in [0.2, 0.25) is 0 Å². The van der Waals surface area contributed by atoms with Crippen LogP contribution in [0.5, 0.6) is 5.75 Å². The lowest BCUT2D eigenvalue weighted by atomic mass is 10.2. The highest BCUT2D eigenvalue weighted by Crippen LogP contribution is 2.15. The standard InChI is InChI=1S/C11H15NO3/c1-11(2,3)15-10(13)14-9-6-4-8(12)5-7-9/h4-7H,12H2,1-3H3. The van der Waals surface area contributed by atoms with E-state index in [-0.39, 0.29) is 0 Å². The van der Waals surface area contributed by atoms with E-state index in [1.54, 1.807) is 45.0 Å². The van der Waals surface area contributed by atoms with Gasteiger partial charge in [-0.25, -0.2) is 4.79 Å². The van der Waals surface area contributed by atoms with E-state index in [0.717, 1.165) is 0 Å². The molecule has 0 heterocycles. The van der Waals surface area contributed by atoms with E-state index in [0.29, 0.717) is 11.4 Å². The Balaban J connectivity index is 2.55. The van der Waals surface area contributed by atoms with E-state index in [9.17, 15) is 4.79 Å². The van der Waals surface area contributed by atoms with Crippen LogP contribution in [0, 0.1) is 0 Å². The van der Waals surface area contributed by atoms with Gasteiger partial charge in [0.15, 0.2) is 0 Å². The van der Waals surface area contributed by atoms with Crippen molar-refractivity contribution in [1.82, 2.24) is 0 Å². The van der Waals surface area contributed by atoms with Crippen molar-refractivity contribution in [2.45, 2.75) is 26.4 Å². The van der Waals surface area contributed by atoms with Gasteiger partial charge in [0.25, 0.3) is 0 Å². The lowest BCUT2D eigenvalue weighted by Gasteiger charge is -2.18. The Morgan fingerprint density at radius 2 is 1.73 bits per heavy atom. The topological polar surface area (TPSA) is 61.5 Å². The first-order valence-corrected chi connectivity index (χ1v) is 4.63. The second-order valence-electron chi connectivity index (χ2n) is 4.14. The Kier molecular flexibility index (Phi) is 3.19. The Morgan fingerprint density at radius 1 is 1.20 bits per heavy atom. The summed E-state index contributed by atoms with van der Waals surface area (Å²) in [7, 11) is 0. The van der Waals surface area contributed by atoms with Gasteiger partial charge in [0.1, 0.15) is 11.4 Å². The molecule has 0 bridgehead atoms. The zero-order chi connectivity index (χ0) is 11.5. The van der Waals surface area contributed by atoms with Crippen molar-refractivity contribution in [2.24, 2.45) is 0 Å². The minimum atomic E-state index is -0.715. The molecule has 4 nitrogen and oxygen atoms in total. The highest BCUT2D eigenvalue weighted by atomic mass is 16.7. The third-order valence-electron chi connectivity index (χ3n) is 1.47. The molecule has 2 N–H and O–H groups in total. The highest BCUT2D eigenvalue weighted by Gasteiger charge is 2.17. The zero-order valence-electron chi connectivity index (χ0n) is 9.11. The molecule has 0 aliphatic heterocycles. The van der Waals surface area contributed by atoms with Crippen molar-refractivity contribution < 1.29 is 14.3 Å². The van der Waals surface area contributed by atoms with Crippen LogP contribution in [0.25, 0.3) is 0 Å². The lowest BCUT2D eigenvalue weighted by Crippen LogP contribution is -2.25. The average molecular weight is 209 g/mol. The number of hydrogen-bond donors (Lipinski definition) is 1. The molecule has 0 aliphatic rings. The van der Waals surface area contributed by atoms with Crippen LogP contribution in [0.4, 0.5) is 10.5 Å². The van der Waals surface area contributed by atoms with Crippen molar-refractivity contribution in [3.8, 4) is 5.75 Å². The fourth-order valence-electron chi connectivity index (χ4n) is 0.903. The van der Waals surface area contributed by atoms with Gasteiger partial charge in [-0.05, 0) is 45.0 Å². The molecule has 15 heavy (non-hydrogen) atoms. The summed E-state index contributed by atoms with van der Waals surface area (Å²) in [4.78, 5) is 11.2. The summed E-state index contributed by atoms with van der Waals surface area (Å²) < 4.78 is 9.91. The summed E-state index contributed by atoms with van der Waals surface area (Å²) in [5.41, 5.74) is 5.55. The van der Waals surface area contributed by atoms with Crippen molar-refractivity contribution in [3.05, 3.63) is 24.3 Å². The molecule has 0 saturated carbocycles. The van der Waals surface area contributed by atoms with Gasteiger partial charge in [-0.15, -0.1) is 0 Å². The Bertz CT molecular complexity index is 338. The van der Waals surface area contributed by atoms with Crippen molar-refractivity contribution in [2.75, 3.05) is 5.73 Å². The molecule has 0 saturated heterocycles. The first-order chi connectivity index (χ1) is 6.87. The number of carbonyl (C=O) groups is 1.